The molecule has 1 aromatic heterocycles. The number of nitrogens with one attached hydrogen (secondary N) is 1. The Balaban J connectivity index is 1.30. The van der Waals surface area contributed by atoms with E-state index in [0.29, 0.717) is 58.3 Å². The van der Waals surface area contributed by atoms with E-state index in [4.69, 9.17) is 0 Å². The number of carbonyl (C=O) groups excluding carboxylic acids is 2. The lowest BCUT2D eigenvalue weighted by Crippen LogP contribution is -2.62. The van der Waals surface area contributed by atoms with Gasteiger partial charge in [0.05, 0.1) is 23.0 Å². The summed E-state index contributed by atoms with van der Waals surface area (Å²) in [5.74, 6) is -3.64. The van der Waals surface area contributed by atoms with Crippen LogP contribution in [0.2, 0.25) is 0 Å². The van der Waals surface area contributed by atoms with Gasteiger partial charge >= 0.3 is 5.97 Å². The molecule has 7 rings (SSSR count). The van der Waals surface area contributed by atoms with Crippen molar-refractivity contribution in [2.45, 2.75) is 90.1 Å². The van der Waals surface area contributed by atoms with Crippen LogP contribution in [0.4, 0.5) is 10.1 Å². The van der Waals surface area contributed by atoms with Crippen molar-refractivity contribution in [2.75, 3.05) is 31.1 Å². The van der Waals surface area contributed by atoms with Gasteiger partial charge in [-0.15, -0.1) is 0 Å². The fourth-order valence-electron chi connectivity index (χ4n) is 10.9. The molecule has 5 aliphatic rings. The highest BCUT2D eigenvalue weighted by atomic mass is 19.1. The van der Waals surface area contributed by atoms with E-state index in [2.05, 4.69) is 12.2 Å². The number of carboxylic acids is 1. The lowest BCUT2D eigenvalue weighted by molar-refractivity contribution is -0.186. The summed E-state index contributed by atoms with van der Waals surface area (Å²) in [6, 6.07) is 2.49. The Hall–Kier alpha value is -3.45. The predicted octanol–water partition coefficient (Wildman–Crippen LogP) is 3.10. The number of pyridine rings is 1. The quantitative estimate of drug-likeness (QED) is 0.306. The standard InChI is InChI=1S/C37H46FN3O8/c1-4-41-25-17-26(40-13-11-39-12-14-40)24(38)16-22(25)31(44)28(34(47)48)30(41)32(45)33(46)37(49)10-8-23-21-6-5-19-15-20(42)7-9-35(19,2)29(21)27(43)18-36(23,37)3/h15-17,21,23,27,29,32,39,43,45,49H,4-14,18H2,1-3H3,(H,47,48)/t21-,23-,27-,29+,32?,35-,36-,37-/m0/s1. The van der Waals surface area contributed by atoms with Gasteiger partial charge in [-0.05, 0) is 86.8 Å². The van der Waals surface area contributed by atoms with Gasteiger partial charge in [0.15, 0.2) is 17.7 Å². The highest BCUT2D eigenvalue weighted by Gasteiger charge is 2.69. The number of aryl methyl sites for hydroxylation is 1. The molecule has 5 N–H and O–H groups in total. The van der Waals surface area contributed by atoms with Gasteiger partial charge in [0.1, 0.15) is 17.0 Å². The van der Waals surface area contributed by atoms with Crippen molar-refractivity contribution < 1.29 is 39.2 Å². The van der Waals surface area contributed by atoms with Gasteiger partial charge in [0.25, 0.3) is 0 Å². The van der Waals surface area contributed by atoms with Crippen LogP contribution >= 0.6 is 0 Å². The number of carbonyl (C=O) groups is 3. The third kappa shape index (κ3) is 4.81. The number of aliphatic hydroxyl groups is 3. The minimum atomic E-state index is -2.19. The van der Waals surface area contributed by atoms with Gasteiger partial charge in [-0.1, -0.05) is 19.4 Å². The summed E-state index contributed by atoms with van der Waals surface area (Å²) in [7, 11) is 0. The van der Waals surface area contributed by atoms with Crippen LogP contribution in [-0.2, 0) is 16.1 Å². The van der Waals surface area contributed by atoms with Crippen LogP contribution < -0.4 is 15.6 Å². The number of fused-ring (bicyclic) bond motifs is 6. The van der Waals surface area contributed by atoms with Crippen LogP contribution in [0, 0.1) is 34.4 Å². The number of aromatic carboxylic acids is 1. The van der Waals surface area contributed by atoms with E-state index >= 15 is 4.39 Å². The van der Waals surface area contributed by atoms with E-state index in [1.807, 2.05) is 4.90 Å². The molecule has 0 bridgehead atoms. The maximum Gasteiger partial charge on any atom is 0.341 e. The van der Waals surface area contributed by atoms with E-state index < -0.39 is 57.5 Å². The molecule has 12 heteroatoms. The minimum Gasteiger partial charge on any atom is -0.477 e. The summed E-state index contributed by atoms with van der Waals surface area (Å²) >= 11 is 0. The normalized spacial score (nSPS) is 35.0. The number of carboxylic acid groups (broad SMARTS) is 1. The SMILES string of the molecule is CCn1c(C(O)C(=O)[C@@]2(O)CC[C@H]3[C@@H]4CCC5=CC(=O)CC[C@]5(C)[C@H]4[C@@H](O)C[C@@]32C)c(C(=O)O)c(=O)c2cc(F)c(N3CCNCC3)cc21. The van der Waals surface area contributed by atoms with Crippen LogP contribution in [0.3, 0.4) is 0 Å². The largest absolute Gasteiger partial charge is 0.477 e. The Morgan fingerprint density at radius 1 is 1.10 bits per heavy atom. The number of aliphatic hydroxyl groups excluding tert-OH is 2. The molecule has 2 aromatic rings. The first-order valence-electron chi connectivity index (χ1n) is 17.6. The maximum absolute atomic E-state index is 15.4. The van der Waals surface area contributed by atoms with Crippen molar-refractivity contribution in [2.24, 2.45) is 28.6 Å². The van der Waals surface area contributed by atoms with E-state index in [9.17, 15) is 39.6 Å². The van der Waals surface area contributed by atoms with E-state index in [1.54, 1.807) is 19.9 Å². The Morgan fingerprint density at radius 2 is 1.82 bits per heavy atom. The summed E-state index contributed by atoms with van der Waals surface area (Å²) in [5, 5.41) is 49.5. The molecule has 3 saturated carbocycles. The van der Waals surface area contributed by atoms with Gasteiger partial charge in [-0.25, -0.2) is 9.18 Å². The Labute approximate surface area is 283 Å². The molecule has 4 fully saturated rings. The third-order valence-electron chi connectivity index (χ3n) is 13.3. The van der Waals surface area contributed by atoms with Crippen molar-refractivity contribution in [3.8, 4) is 0 Å². The van der Waals surface area contributed by atoms with Gasteiger partial charge in [-0.2, -0.15) is 0 Å². The lowest BCUT2D eigenvalue weighted by Gasteiger charge is -2.60. The molecule has 0 radical (unpaired) electrons. The molecule has 1 aromatic carbocycles. The number of benzene rings is 1. The summed E-state index contributed by atoms with van der Waals surface area (Å²) < 4.78 is 16.8. The molecular weight excluding hydrogens is 633 g/mol. The van der Waals surface area contributed by atoms with Gasteiger partial charge in [0.2, 0.25) is 5.43 Å². The Bertz CT molecular complexity index is 1850. The van der Waals surface area contributed by atoms with E-state index in [-0.39, 0.29) is 64.9 Å². The third-order valence-corrected chi connectivity index (χ3v) is 13.3. The minimum absolute atomic E-state index is 0.00257. The molecule has 49 heavy (non-hydrogen) atoms. The van der Waals surface area contributed by atoms with Crippen molar-refractivity contribution in [3.05, 3.63) is 51.1 Å². The molecule has 11 nitrogen and oxygen atoms in total. The van der Waals surface area contributed by atoms with Crippen LogP contribution in [0.5, 0.6) is 0 Å². The number of halogens is 1. The van der Waals surface area contributed by atoms with Gasteiger partial charge in [0, 0.05) is 49.9 Å². The Morgan fingerprint density at radius 3 is 2.49 bits per heavy atom. The average molecular weight is 680 g/mol. The molecule has 0 spiro atoms. The van der Waals surface area contributed by atoms with Crippen LogP contribution in [0.25, 0.3) is 10.9 Å². The topological polar surface area (TPSA) is 169 Å². The van der Waals surface area contributed by atoms with Crippen molar-refractivity contribution in [3.63, 3.8) is 0 Å². The van der Waals surface area contributed by atoms with Gasteiger partial charge < -0.3 is 35.2 Å². The maximum atomic E-state index is 15.4. The summed E-state index contributed by atoms with van der Waals surface area (Å²) in [4.78, 5) is 55.1. The highest BCUT2D eigenvalue weighted by molar-refractivity contribution is 6.00. The molecule has 264 valence electrons. The second kappa shape index (κ2) is 11.8. The average Bonchev–Trinajstić information content (AvgIpc) is 3.34. The molecule has 8 atom stereocenters. The molecular formula is C37H46FN3O8. The number of aromatic nitrogens is 1. The van der Waals surface area contributed by atoms with Crippen molar-refractivity contribution in [1.29, 1.82) is 0 Å². The van der Waals surface area contributed by atoms with E-state index in [1.165, 1.54) is 10.6 Å². The zero-order chi connectivity index (χ0) is 35.2. The summed E-state index contributed by atoms with van der Waals surface area (Å²) in [5.41, 5.74) is -4.50. The van der Waals surface area contributed by atoms with E-state index in [0.717, 1.165) is 11.6 Å². The number of nitrogens with zero attached hydrogens (tertiary/aromatic N) is 2. The molecule has 2 heterocycles. The molecule has 1 saturated heterocycles. The number of hydrogen-bond acceptors (Lipinski definition) is 9. The first kappa shape index (κ1) is 34.0. The molecule has 0 amide bonds. The highest BCUT2D eigenvalue weighted by Crippen LogP contribution is 2.68. The first-order valence-corrected chi connectivity index (χ1v) is 17.6. The number of anilines is 1. The fourth-order valence-corrected chi connectivity index (χ4v) is 10.9. The zero-order valence-electron chi connectivity index (χ0n) is 28.3. The van der Waals surface area contributed by atoms with Crippen molar-refractivity contribution in [1.82, 2.24) is 9.88 Å². The molecule has 4 aliphatic carbocycles. The molecule has 1 aliphatic heterocycles. The lowest BCUT2D eigenvalue weighted by atomic mass is 9.45. The van der Waals surface area contributed by atoms with Crippen molar-refractivity contribution >= 4 is 34.1 Å². The molecule has 1 unspecified atom stereocenters. The number of rotatable bonds is 6. The second-order valence-corrected chi connectivity index (χ2v) is 15.4. The monoisotopic (exact) mass is 679 g/mol. The van der Waals surface area contributed by atoms with Crippen LogP contribution in [0.15, 0.2) is 28.6 Å². The van der Waals surface area contributed by atoms with Crippen LogP contribution in [0.1, 0.15) is 87.9 Å². The van der Waals surface area contributed by atoms with Crippen LogP contribution in [-0.4, -0.2) is 80.4 Å². The number of Topliss-reactive ketones (excluding diaryl/α,β-unsaturated/α-hetero) is 1. The van der Waals surface area contributed by atoms with Gasteiger partial charge in [-0.3, -0.25) is 14.4 Å². The predicted molar refractivity (Wildman–Crippen MR) is 179 cm³/mol. The number of allylic oxidation sites excluding steroid dienone is 1. The number of hydrogen-bond donors (Lipinski definition) is 5. The number of ketones is 2. The Kier molecular flexibility index (Phi) is 8.21. The smallest absolute Gasteiger partial charge is 0.341 e. The number of piperazine rings is 1. The second-order valence-electron chi connectivity index (χ2n) is 15.4. The summed E-state index contributed by atoms with van der Waals surface area (Å²) in [6.07, 6.45) is 1.65. The summed E-state index contributed by atoms with van der Waals surface area (Å²) in [6.45, 7) is 7.88. The fraction of sp³-hybridized carbons (Fsp3) is 0.622. The first-order chi connectivity index (χ1) is 23.2. The zero-order valence-corrected chi connectivity index (χ0v) is 28.3.